The molecule has 3 rings (SSSR count). The Kier molecular flexibility index (Phi) is 3.27. The van der Waals surface area contributed by atoms with E-state index in [9.17, 15) is 13.9 Å². The van der Waals surface area contributed by atoms with Crippen LogP contribution in [0.5, 0.6) is 0 Å². The van der Waals surface area contributed by atoms with Crippen LogP contribution in [0.2, 0.25) is 0 Å². The molecule has 0 amide bonds. The van der Waals surface area contributed by atoms with Gasteiger partial charge in [0.25, 0.3) is 0 Å². The highest BCUT2D eigenvalue weighted by atomic mass is 19.1. The summed E-state index contributed by atoms with van der Waals surface area (Å²) in [5, 5.41) is 13.5. The molecule has 1 aliphatic rings. The second-order valence-electron chi connectivity index (χ2n) is 5.15. The number of rotatable bonds is 3. The molecule has 0 saturated carbocycles. The summed E-state index contributed by atoms with van der Waals surface area (Å²) in [6, 6.07) is 3.27. The molecule has 6 heteroatoms. The number of nitrogens with one attached hydrogen (secondary N) is 1. The van der Waals surface area contributed by atoms with Gasteiger partial charge in [0.15, 0.2) is 0 Å². The molecule has 1 aromatic carbocycles. The number of hydrogen-bond donors (Lipinski definition) is 2. The maximum Gasteiger partial charge on any atom is 0.143 e. The maximum atomic E-state index is 13.8. The van der Waals surface area contributed by atoms with E-state index in [0.717, 1.165) is 24.7 Å². The molecule has 1 saturated heterocycles. The molecule has 0 aliphatic carbocycles. The molecule has 2 aromatic rings. The zero-order valence-corrected chi connectivity index (χ0v) is 10.8. The van der Waals surface area contributed by atoms with Gasteiger partial charge < -0.3 is 15.0 Å². The van der Waals surface area contributed by atoms with Gasteiger partial charge in [0, 0.05) is 18.9 Å². The van der Waals surface area contributed by atoms with E-state index >= 15 is 0 Å². The summed E-state index contributed by atoms with van der Waals surface area (Å²) >= 11 is 0. The van der Waals surface area contributed by atoms with Crippen molar-refractivity contribution in [2.45, 2.75) is 18.6 Å². The highest BCUT2D eigenvalue weighted by Crippen LogP contribution is 2.25. The van der Waals surface area contributed by atoms with Crippen molar-refractivity contribution in [1.82, 2.24) is 14.9 Å². The third-order valence-corrected chi connectivity index (χ3v) is 3.57. The van der Waals surface area contributed by atoms with Crippen molar-refractivity contribution in [1.29, 1.82) is 0 Å². The van der Waals surface area contributed by atoms with E-state index in [-0.39, 0.29) is 5.56 Å². The molecule has 1 aromatic heterocycles. The molecule has 1 atom stereocenters. The zero-order valence-electron chi connectivity index (χ0n) is 10.8. The summed E-state index contributed by atoms with van der Waals surface area (Å²) in [6.45, 7) is 1.52. The fourth-order valence-corrected chi connectivity index (χ4v) is 2.53. The lowest BCUT2D eigenvalue weighted by molar-refractivity contribution is 0.0436. The van der Waals surface area contributed by atoms with E-state index in [1.807, 2.05) is 0 Å². The minimum Gasteiger partial charge on any atom is -0.387 e. The molecule has 0 bridgehead atoms. The maximum absolute atomic E-state index is 13.8. The quantitative estimate of drug-likeness (QED) is 0.896. The largest absolute Gasteiger partial charge is 0.387 e. The number of aliphatic hydroxyl groups is 1. The van der Waals surface area contributed by atoms with E-state index < -0.39 is 17.2 Å². The molecule has 1 unspecified atom stereocenters. The van der Waals surface area contributed by atoms with E-state index in [2.05, 4.69) is 10.3 Å². The van der Waals surface area contributed by atoms with Crippen LogP contribution in [0.1, 0.15) is 6.42 Å². The van der Waals surface area contributed by atoms with Crippen molar-refractivity contribution in [2.24, 2.45) is 0 Å². The Morgan fingerprint density at radius 1 is 1.40 bits per heavy atom. The summed E-state index contributed by atoms with van der Waals surface area (Å²) in [4.78, 5) is 4.09. The molecule has 106 valence electrons. The summed E-state index contributed by atoms with van der Waals surface area (Å²) in [5.41, 5.74) is -0.774. The van der Waals surface area contributed by atoms with Gasteiger partial charge in [0.1, 0.15) is 17.5 Å². The second-order valence-corrected chi connectivity index (χ2v) is 5.15. The Morgan fingerprint density at radius 2 is 2.25 bits per heavy atom. The minimum atomic E-state index is -0.876. The molecule has 1 fully saturated rings. The highest BCUT2D eigenvalue weighted by molar-refractivity contribution is 5.56. The Bertz CT molecular complexity index is 621. The molecule has 0 spiro atoms. The fourth-order valence-electron chi connectivity index (χ4n) is 2.53. The van der Waals surface area contributed by atoms with E-state index in [1.165, 1.54) is 6.20 Å². The van der Waals surface area contributed by atoms with Crippen LogP contribution in [0.15, 0.2) is 30.6 Å². The SMILES string of the molecule is OC1(Cn2ccnc2-c2cc(F)ccc2F)CCNC1. The van der Waals surface area contributed by atoms with Gasteiger partial charge in [-0.2, -0.15) is 0 Å². The molecule has 2 heterocycles. The average Bonchev–Trinajstić information content (AvgIpc) is 3.02. The molecule has 4 nitrogen and oxygen atoms in total. The summed E-state index contributed by atoms with van der Waals surface area (Å²) in [7, 11) is 0. The van der Waals surface area contributed by atoms with Gasteiger partial charge >= 0.3 is 0 Å². The van der Waals surface area contributed by atoms with Crippen molar-refractivity contribution in [3.8, 4) is 11.4 Å². The second kappa shape index (κ2) is 4.96. The molecule has 20 heavy (non-hydrogen) atoms. The van der Waals surface area contributed by atoms with Crippen molar-refractivity contribution in [2.75, 3.05) is 13.1 Å². The van der Waals surface area contributed by atoms with Gasteiger partial charge in [-0.05, 0) is 31.2 Å². The summed E-state index contributed by atoms with van der Waals surface area (Å²) in [5.74, 6) is -0.727. The van der Waals surface area contributed by atoms with Crippen LogP contribution in [0.4, 0.5) is 8.78 Å². The topological polar surface area (TPSA) is 50.1 Å². The van der Waals surface area contributed by atoms with Crippen LogP contribution in [0.3, 0.4) is 0 Å². The molecular formula is C14H15F2N3O. The average molecular weight is 279 g/mol. The lowest BCUT2D eigenvalue weighted by atomic mass is 10.0. The zero-order chi connectivity index (χ0) is 14.2. The standard InChI is InChI=1S/C14H15F2N3O/c15-10-1-2-12(16)11(7-10)13-18-5-6-19(13)9-14(20)3-4-17-8-14/h1-2,5-7,17,20H,3-4,8-9H2. The minimum absolute atomic E-state index is 0.101. The van der Waals surface area contributed by atoms with Gasteiger partial charge in [-0.15, -0.1) is 0 Å². The Morgan fingerprint density at radius 3 is 3.00 bits per heavy atom. The van der Waals surface area contributed by atoms with Crippen molar-refractivity contribution in [3.05, 3.63) is 42.2 Å². The van der Waals surface area contributed by atoms with Crippen LogP contribution in [-0.2, 0) is 6.54 Å². The Labute approximate surface area is 115 Å². The first-order chi connectivity index (χ1) is 9.57. The van der Waals surface area contributed by atoms with Gasteiger partial charge in [-0.1, -0.05) is 0 Å². The van der Waals surface area contributed by atoms with Gasteiger partial charge in [0.05, 0.1) is 17.7 Å². The normalized spacial score (nSPS) is 22.4. The van der Waals surface area contributed by atoms with Crippen LogP contribution < -0.4 is 5.32 Å². The fraction of sp³-hybridized carbons (Fsp3) is 0.357. The summed E-state index contributed by atoms with van der Waals surface area (Å²) in [6.07, 6.45) is 3.80. The van der Waals surface area contributed by atoms with E-state index in [4.69, 9.17) is 0 Å². The van der Waals surface area contributed by atoms with E-state index in [0.29, 0.717) is 25.3 Å². The van der Waals surface area contributed by atoms with E-state index in [1.54, 1.807) is 10.8 Å². The lowest BCUT2D eigenvalue weighted by Gasteiger charge is -2.23. The number of aromatic nitrogens is 2. The van der Waals surface area contributed by atoms with Gasteiger partial charge in [-0.25, -0.2) is 13.8 Å². The first-order valence-corrected chi connectivity index (χ1v) is 6.47. The van der Waals surface area contributed by atoms with Gasteiger partial charge in [0.2, 0.25) is 0 Å². The van der Waals surface area contributed by atoms with Crippen LogP contribution in [0.25, 0.3) is 11.4 Å². The van der Waals surface area contributed by atoms with Crippen molar-refractivity contribution in [3.63, 3.8) is 0 Å². The van der Waals surface area contributed by atoms with Crippen molar-refractivity contribution < 1.29 is 13.9 Å². The number of imidazole rings is 1. The van der Waals surface area contributed by atoms with Crippen LogP contribution >= 0.6 is 0 Å². The predicted molar refractivity (Wildman–Crippen MR) is 70.0 cm³/mol. The van der Waals surface area contributed by atoms with Crippen LogP contribution in [-0.4, -0.2) is 33.3 Å². The van der Waals surface area contributed by atoms with Crippen LogP contribution in [0, 0.1) is 11.6 Å². The molecule has 1 aliphatic heterocycles. The number of benzene rings is 1. The first-order valence-electron chi connectivity index (χ1n) is 6.47. The lowest BCUT2D eigenvalue weighted by Crippen LogP contribution is -2.36. The Balaban J connectivity index is 1.95. The number of hydrogen-bond acceptors (Lipinski definition) is 3. The van der Waals surface area contributed by atoms with Gasteiger partial charge in [-0.3, -0.25) is 0 Å². The first kappa shape index (κ1) is 13.2. The smallest absolute Gasteiger partial charge is 0.143 e. The summed E-state index contributed by atoms with van der Waals surface area (Å²) < 4.78 is 28.8. The third kappa shape index (κ3) is 2.44. The predicted octanol–water partition coefficient (Wildman–Crippen LogP) is 1.55. The Hall–Kier alpha value is -1.79. The molecule has 0 radical (unpaired) electrons. The molecule has 2 N–H and O–H groups in total. The molecular weight excluding hydrogens is 264 g/mol. The van der Waals surface area contributed by atoms with Crippen molar-refractivity contribution >= 4 is 0 Å². The highest BCUT2D eigenvalue weighted by Gasteiger charge is 2.32. The number of β-amino-alcohol motifs (C(OH)–C–C–N with tert-alkyl or cyclic N) is 1. The number of nitrogens with zero attached hydrogens (tertiary/aromatic N) is 2. The third-order valence-electron chi connectivity index (χ3n) is 3.57. The monoisotopic (exact) mass is 279 g/mol. The number of halogens is 2.